The predicted molar refractivity (Wildman–Crippen MR) is 95.6 cm³/mol. The Kier molecular flexibility index (Phi) is 6.24. The molecule has 0 aliphatic carbocycles. The lowest BCUT2D eigenvalue weighted by molar-refractivity contribution is -0.121. The number of hydrogen-bond acceptors (Lipinski definition) is 3. The van der Waals surface area contributed by atoms with Gasteiger partial charge in [-0.25, -0.2) is 0 Å². The van der Waals surface area contributed by atoms with Gasteiger partial charge < -0.3 is 14.8 Å². The molecule has 0 aromatic heterocycles. The van der Waals surface area contributed by atoms with Crippen LogP contribution in [0.3, 0.4) is 0 Å². The third-order valence-corrected chi connectivity index (χ3v) is 4.08. The van der Waals surface area contributed by atoms with Crippen molar-refractivity contribution in [1.29, 1.82) is 0 Å². The molecule has 2 aromatic carbocycles. The van der Waals surface area contributed by atoms with E-state index < -0.39 is 0 Å². The molecule has 0 fully saturated rings. The summed E-state index contributed by atoms with van der Waals surface area (Å²) in [4.78, 5) is 12.3. The highest BCUT2D eigenvalue weighted by atomic mass is 16.5. The maximum atomic E-state index is 12.3. The van der Waals surface area contributed by atoms with E-state index in [1.54, 1.807) is 14.2 Å². The van der Waals surface area contributed by atoms with Crippen LogP contribution in [0.2, 0.25) is 0 Å². The highest BCUT2D eigenvalue weighted by Crippen LogP contribution is 2.27. The van der Waals surface area contributed by atoms with E-state index in [-0.39, 0.29) is 11.9 Å². The Bertz CT molecular complexity index is 680. The zero-order valence-electron chi connectivity index (χ0n) is 14.8. The van der Waals surface area contributed by atoms with Gasteiger partial charge in [0.05, 0.1) is 26.7 Å². The molecule has 0 bridgehead atoms. The van der Waals surface area contributed by atoms with E-state index in [1.807, 2.05) is 25.1 Å². The van der Waals surface area contributed by atoms with E-state index in [0.29, 0.717) is 17.9 Å². The van der Waals surface area contributed by atoms with Gasteiger partial charge in [0, 0.05) is 0 Å². The smallest absolute Gasteiger partial charge is 0.224 e. The first-order valence-electron chi connectivity index (χ1n) is 8.16. The predicted octanol–water partition coefficient (Wildman–Crippen LogP) is 3.69. The molecule has 4 nitrogen and oxygen atoms in total. The molecule has 128 valence electrons. The molecule has 2 rings (SSSR count). The second-order valence-electron chi connectivity index (χ2n) is 5.75. The van der Waals surface area contributed by atoms with Gasteiger partial charge in [-0.2, -0.15) is 0 Å². The largest absolute Gasteiger partial charge is 0.493 e. The second-order valence-corrected chi connectivity index (χ2v) is 5.75. The van der Waals surface area contributed by atoms with Crippen molar-refractivity contribution >= 4 is 5.91 Å². The molecule has 0 spiro atoms. The van der Waals surface area contributed by atoms with Gasteiger partial charge in [-0.3, -0.25) is 4.79 Å². The maximum absolute atomic E-state index is 12.3. The number of aryl methyl sites for hydroxylation is 1. The summed E-state index contributed by atoms with van der Waals surface area (Å²) in [6.45, 7) is 4.12. The van der Waals surface area contributed by atoms with Crippen molar-refractivity contribution < 1.29 is 14.3 Å². The first-order valence-corrected chi connectivity index (χ1v) is 8.16. The van der Waals surface area contributed by atoms with Gasteiger partial charge >= 0.3 is 0 Å². The van der Waals surface area contributed by atoms with Crippen LogP contribution in [0.15, 0.2) is 42.5 Å². The van der Waals surface area contributed by atoms with E-state index in [4.69, 9.17) is 9.47 Å². The van der Waals surface area contributed by atoms with Gasteiger partial charge in [0.25, 0.3) is 0 Å². The van der Waals surface area contributed by atoms with Crippen LogP contribution in [0.4, 0.5) is 0 Å². The second kappa shape index (κ2) is 8.39. The van der Waals surface area contributed by atoms with Gasteiger partial charge in [-0.15, -0.1) is 0 Å². The highest BCUT2D eigenvalue weighted by molar-refractivity contribution is 5.79. The Hall–Kier alpha value is -2.49. The van der Waals surface area contributed by atoms with Crippen LogP contribution in [-0.2, 0) is 17.6 Å². The van der Waals surface area contributed by atoms with Gasteiger partial charge in [0.1, 0.15) is 0 Å². The molecule has 2 aromatic rings. The number of amides is 1. The maximum Gasteiger partial charge on any atom is 0.224 e. The molecule has 1 atom stereocenters. The van der Waals surface area contributed by atoms with Crippen LogP contribution in [0.5, 0.6) is 11.5 Å². The Labute approximate surface area is 143 Å². The normalized spacial score (nSPS) is 11.7. The lowest BCUT2D eigenvalue weighted by Gasteiger charge is -2.15. The molecule has 0 aliphatic rings. The summed E-state index contributed by atoms with van der Waals surface area (Å²) in [7, 11) is 3.18. The minimum atomic E-state index is -0.0245. The minimum Gasteiger partial charge on any atom is -0.493 e. The molecule has 1 amide bonds. The van der Waals surface area contributed by atoms with Crippen molar-refractivity contribution in [3.05, 3.63) is 59.2 Å². The topological polar surface area (TPSA) is 47.6 Å². The van der Waals surface area contributed by atoms with Crippen LogP contribution in [-0.4, -0.2) is 20.1 Å². The molecular formula is C20H25NO3. The van der Waals surface area contributed by atoms with Crippen molar-refractivity contribution in [2.45, 2.75) is 32.7 Å². The van der Waals surface area contributed by atoms with Crippen molar-refractivity contribution in [2.24, 2.45) is 0 Å². The number of carbonyl (C=O) groups is 1. The van der Waals surface area contributed by atoms with Gasteiger partial charge in [0.15, 0.2) is 11.5 Å². The van der Waals surface area contributed by atoms with Crippen molar-refractivity contribution in [1.82, 2.24) is 5.32 Å². The SMILES string of the molecule is CCc1ccc(C(C)NC(=O)Cc2ccc(OC)c(OC)c2)cc1. The number of nitrogens with one attached hydrogen (secondary N) is 1. The Morgan fingerprint density at radius 3 is 2.21 bits per heavy atom. The van der Waals surface area contributed by atoms with Crippen molar-refractivity contribution in [2.75, 3.05) is 14.2 Å². The van der Waals surface area contributed by atoms with E-state index in [9.17, 15) is 4.79 Å². The fourth-order valence-electron chi connectivity index (χ4n) is 2.59. The Morgan fingerprint density at radius 2 is 1.62 bits per heavy atom. The van der Waals surface area contributed by atoms with Crippen LogP contribution in [0.25, 0.3) is 0 Å². The lowest BCUT2D eigenvalue weighted by Crippen LogP contribution is -2.28. The first-order chi connectivity index (χ1) is 11.6. The minimum absolute atomic E-state index is 0.0192. The number of carbonyl (C=O) groups excluding carboxylic acids is 1. The summed E-state index contributed by atoms with van der Waals surface area (Å²) in [5.74, 6) is 1.27. The van der Waals surface area contributed by atoms with Crippen LogP contribution < -0.4 is 14.8 Å². The summed E-state index contributed by atoms with van der Waals surface area (Å²) in [6.07, 6.45) is 1.32. The molecule has 0 radical (unpaired) electrons. The van der Waals surface area contributed by atoms with E-state index in [2.05, 4.69) is 36.5 Å². The number of rotatable bonds is 7. The van der Waals surface area contributed by atoms with Crippen molar-refractivity contribution in [3.8, 4) is 11.5 Å². The third-order valence-electron chi connectivity index (χ3n) is 4.08. The average molecular weight is 327 g/mol. The Morgan fingerprint density at radius 1 is 1.00 bits per heavy atom. The van der Waals surface area contributed by atoms with Gasteiger partial charge in [0.2, 0.25) is 5.91 Å². The van der Waals surface area contributed by atoms with Gasteiger partial charge in [-0.1, -0.05) is 37.3 Å². The summed E-state index contributed by atoms with van der Waals surface area (Å²) >= 11 is 0. The number of hydrogen-bond donors (Lipinski definition) is 1. The molecule has 4 heteroatoms. The zero-order valence-corrected chi connectivity index (χ0v) is 14.8. The first kappa shape index (κ1) is 17.9. The van der Waals surface area contributed by atoms with Gasteiger partial charge in [-0.05, 0) is 42.2 Å². The molecule has 1 unspecified atom stereocenters. The summed E-state index contributed by atoms with van der Waals surface area (Å²) < 4.78 is 10.5. The Balaban J connectivity index is 1.99. The van der Waals surface area contributed by atoms with E-state index >= 15 is 0 Å². The van der Waals surface area contributed by atoms with Crippen LogP contribution >= 0.6 is 0 Å². The summed E-state index contributed by atoms with van der Waals surface area (Å²) in [5, 5.41) is 3.04. The number of benzene rings is 2. The fourth-order valence-corrected chi connectivity index (χ4v) is 2.59. The van der Waals surface area contributed by atoms with E-state index in [0.717, 1.165) is 17.5 Å². The summed E-state index contributed by atoms with van der Waals surface area (Å²) in [5.41, 5.74) is 3.29. The quantitative estimate of drug-likeness (QED) is 0.844. The lowest BCUT2D eigenvalue weighted by atomic mass is 10.0. The van der Waals surface area contributed by atoms with Crippen LogP contribution in [0.1, 0.15) is 36.6 Å². The molecule has 0 aliphatic heterocycles. The van der Waals surface area contributed by atoms with E-state index in [1.165, 1.54) is 5.56 Å². The average Bonchev–Trinajstić information content (AvgIpc) is 2.61. The zero-order chi connectivity index (χ0) is 17.5. The van der Waals surface area contributed by atoms with Crippen LogP contribution in [0, 0.1) is 0 Å². The monoisotopic (exact) mass is 327 g/mol. The molecule has 24 heavy (non-hydrogen) atoms. The standard InChI is InChI=1S/C20H25NO3/c1-5-15-6-9-17(10-7-15)14(2)21-20(22)13-16-8-11-18(23-3)19(12-16)24-4/h6-12,14H,5,13H2,1-4H3,(H,21,22). The molecule has 0 heterocycles. The highest BCUT2D eigenvalue weighted by Gasteiger charge is 2.12. The summed E-state index contributed by atoms with van der Waals surface area (Å²) in [6, 6.07) is 13.8. The fraction of sp³-hybridized carbons (Fsp3) is 0.350. The molecule has 0 saturated carbocycles. The number of methoxy groups -OCH3 is 2. The third kappa shape index (κ3) is 4.51. The number of ether oxygens (including phenoxy) is 2. The van der Waals surface area contributed by atoms with Crippen molar-refractivity contribution in [3.63, 3.8) is 0 Å². The molecule has 1 N–H and O–H groups in total. The molecular weight excluding hydrogens is 302 g/mol. The molecule has 0 saturated heterocycles.